The summed E-state index contributed by atoms with van der Waals surface area (Å²) in [6.07, 6.45) is 0.130. The molecule has 0 aliphatic carbocycles. The molecule has 2 aromatic heterocycles. The number of H-pyrrole nitrogens is 2. The minimum Gasteiger partial charge on any atom is -0.454 e. The summed E-state index contributed by atoms with van der Waals surface area (Å²) in [5, 5.41) is 10.5. The topological polar surface area (TPSA) is 151 Å². The van der Waals surface area contributed by atoms with E-state index in [-0.39, 0.29) is 30.6 Å². The minimum absolute atomic E-state index is 0.122. The molecule has 38 heavy (non-hydrogen) atoms. The van der Waals surface area contributed by atoms with Crippen molar-refractivity contribution in [2.24, 2.45) is 0 Å². The first-order chi connectivity index (χ1) is 18.4. The number of rotatable bonds is 6. The normalized spacial score (nSPS) is 12.0. The van der Waals surface area contributed by atoms with E-state index in [1.54, 1.807) is 48.5 Å². The van der Waals surface area contributed by atoms with Crippen LogP contribution >= 0.6 is 11.6 Å². The number of fused-ring (bicyclic) bond motifs is 2. The molecule has 0 saturated carbocycles. The van der Waals surface area contributed by atoms with Gasteiger partial charge in [0.15, 0.2) is 17.3 Å². The maximum absolute atomic E-state index is 13.1. The van der Waals surface area contributed by atoms with Gasteiger partial charge in [0.1, 0.15) is 5.69 Å². The molecule has 5 aromatic rings. The van der Waals surface area contributed by atoms with Crippen LogP contribution in [0.3, 0.4) is 0 Å². The van der Waals surface area contributed by atoms with Crippen molar-refractivity contribution in [3.63, 3.8) is 0 Å². The summed E-state index contributed by atoms with van der Waals surface area (Å²) in [4.78, 5) is 42.8. The van der Waals surface area contributed by atoms with E-state index in [2.05, 4.69) is 30.3 Å². The van der Waals surface area contributed by atoms with Crippen LogP contribution in [0.2, 0.25) is 5.02 Å². The largest absolute Gasteiger partial charge is 0.454 e. The van der Waals surface area contributed by atoms with Gasteiger partial charge in [-0.2, -0.15) is 0 Å². The third kappa shape index (κ3) is 4.58. The zero-order valence-corrected chi connectivity index (χ0v) is 20.2. The average Bonchev–Trinajstić information content (AvgIpc) is 3.64. The van der Waals surface area contributed by atoms with Crippen LogP contribution in [0, 0.1) is 0 Å². The van der Waals surface area contributed by atoms with Crippen LogP contribution < -0.4 is 25.9 Å². The smallest absolute Gasteiger partial charge is 0.439 e. The van der Waals surface area contributed by atoms with Gasteiger partial charge >= 0.3 is 5.76 Å². The third-order valence-corrected chi connectivity index (χ3v) is 6.14. The lowest BCUT2D eigenvalue weighted by molar-refractivity contribution is -0.115. The first kappa shape index (κ1) is 23.4. The fraction of sp³-hybridized carbons (Fsp3) is 0.0769. The van der Waals surface area contributed by atoms with Crippen molar-refractivity contribution in [1.82, 2.24) is 15.1 Å². The summed E-state index contributed by atoms with van der Waals surface area (Å²) in [5.41, 5.74) is 2.89. The number of amides is 2. The van der Waals surface area contributed by atoms with Crippen molar-refractivity contribution in [1.29, 1.82) is 0 Å². The number of carbonyl (C=O) groups is 2. The van der Waals surface area contributed by atoms with E-state index in [9.17, 15) is 14.4 Å². The van der Waals surface area contributed by atoms with Gasteiger partial charge in [0.05, 0.1) is 23.3 Å². The van der Waals surface area contributed by atoms with Gasteiger partial charge in [-0.1, -0.05) is 35.0 Å². The summed E-state index contributed by atoms with van der Waals surface area (Å²) in [6.45, 7) is 0.161. The molecule has 0 fully saturated rings. The second-order valence-electron chi connectivity index (χ2n) is 8.45. The Morgan fingerprint density at radius 3 is 2.66 bits per heavy atom. The lowest BCUT2D eigenvalue weighted by atomic mass is 10.1. The molecule has 12 heteroatoms. The lowest BCUT2D eigenvalue weighted by Crippen LogP contribution is -2.15. The van der Waals surface area contributed by atoms with Crippen LogP contribution in [-0.4, -0.2) is 33.7 Å². The maximum Gasteiger partial charge on any atom is 0.439 e. The van der Waals surface area contributed by atoms with Gasteiger partial charge in [-0.05, 0) is 48.0 Å². The summed E-state index contributed by atoms with van der Waals surface area (Å²) in [6, 6.07) is 17.1. The number of hydrogen-bond donors (Lipinski definition) is 4. The minimum atomic E-state index is -0.735. The number of anilines is 2. The first-order valence-electron chi connectivity index (χ1n) is 11.4. The number of benzene rings is 3. The molecule has 1 aliphatic rings. The molecule has 0 unspecified atom stereocenters. The Kier molecular flexibility index (Phi) is 5.81. The van der Waals surface area contributed by atoms with Gasteiger partial charge in [0.25, 0.3) is 5.91 Å². The van der Waals surface area contributed by atoms with Gasteiger partial charge in [0, 0.05) is 16.0 Å². The molecule has 0 saturated heterocycles. The zero-order valence-electron chi connectivity index (χ0n) is 19.5. The number of carbonyl (C=O) groups excluding carboxylic acids is 2. The summed E-state index contributed by atoms with van der Waals surface area (Å²) >= 11 is 6.10. The maximum atomic E-state index is 13.1. The lowest BCUT2D eigenvalue weighted by Gasteiger charge is -2.09. The van der Waals surface area contributed by atoms with Crippen LogP contribution in [0.1, 0.15) is 16.1 Å². The van der Waals surface area contributed by atoms with Gasteiger partial charge in [-0.3, -0.25) is 19.1 Å². The van der Waals surface area contributed by atoms with E-state index in [0.717, 1.165) is 10.9 Å². The number of para-hydroxylation sites is 1. The van der Waals surface area contributed by atoms with Crippen LogP contribution in [0.4, 0.5) is 11.4 Å². The number of hydrogen-bond acceptors (Lipinski definition) is 7. The van der Waals surface area contributed by atoms with E-state index < -0.39 is 11.7 Å². The van der Waals surface area contributed by atoms with E-state index in [0.29, 0.717) is 39.0 Å². The standard InChI is InChI=1S/C26H18ClN5O6/c27-15-5-6-17(16(11-15)24-31-26(35)38-32-24)30-25(34)19-10-14-2-1-3-18(23(14)29-19)28-22(33)9-13-4-7-20-21(8-13)37-12-36-20/h1-8,10-11,29H,9,12H2,(H,28,33)(H,30,34)(H,31,32,35). The van der Waals surface area contributed by atoms with Gasteiger partial charge in [0.2, 0.25) is 12.7 Å². The number of halogens is 1. The van der Waals surface area contributed by atoms with Gasteiger partial charge in [-0.25, -0.2) is 4.79 Å². The Morgan fingerprint density at radius 1 is 0.947 bits per heavy atom. The number of aromatic nitrogens is 3. The average molecular weight is 532 g/mol. The Morgan fingerprint density at radius 2 is 1.82 bits per heavy atom. The van der Waals surface area contributed by atoms with Crippen molar-refractivity contribution < 1.29 is 23.6 Å². The van der Waals surface area contributed by atoms with Gasteiger partial charge < -0.3 is 25.1 Å². The van der Waals surface area contributed by atoms with Crippen molar-refractivity contribution in [2.45, 2.75) is 6.42 Å². The van der Waals surface area contributed by atoms with Crippen LogP contribution in [0.15, 0.2) is 70.0 Å². The van der Waals surface area contributed by atoms with Gasteiger partial charge in [-0.15, -0.1) is 0 Å². The van der Waals surface area contributed by atoms with E-state index in [1.165, 1.54) is 0 Å². The van der Waals surface area contributed by atoms with Crippen molar-refractivity contribution in [3.05, 3.63) is 87.5 Å². The fourth-order valence-corrected chi connectivity index (χ4v) is 4.34. The Labute approximate surface area is 218 Å². The Bertz CT molecular complexity index is 1770. The monoisotopic (exact) mass is 531 g/mol. The second kappa shape index (κ2) is 9.45. The SMILES string of the molecule is O=C(Cc1ccc2c(c1)OCO2)Nc1cccc2cc(C(=O)Nc3ccc(Cl)cc3-c3noc(=O)[nH]3)[nH]c12. The number of aromatic amines is 2. The van der Waals surface area contributed by atoms with E-state index in [4.69, 9.17) is 21.1 Å². The highest BCUT2D eigenvalue weighted by atomic mass is 35.5. The van der Waals surface area contributed by atoms with Crippen LogP contribution in [-0.2, 0) is 11.2 Å². The Balaban J connectivity index is 1.22. The van der Waals surface area contributed by atoms with Crippen molar-refractivity contribution in [3.8, 4) is 22.9 Å². The predicted octanol–water partition coefficient (Wildman–Crippen LogP) is 4.33. The summed E-state index contributed by atoms with van der Waals surface area (Å²) in [5.74, 6) is -0.0390. The van der Waals surface area contributed by atoms with Crippen molar-refractivity contribution in [2.75, 3.05) is 17.4 Å². The molecule has 0 atom stereocenters. The molecular weight excluding hydrogens is 514 g/mol. The molecule has 3 aromatic carbocycles. The molecule has 4 N–H and O–H groups in total. The molecule has 2 amide bonds. The third-order valence-electron chi connectivity index (χ3n) is 5.90. The highest BCUT2D eigenvalue weighted by molar-refractivity contribution is 6.31. The molecule has 3 heterocycles. The molecule has 190 valence electrons. The zero-order chi connectivity index (χ0) is 26.2. The van der Waals surface area contributed by atoms with Crippen LogP contribution in [0.25, 0.3) is 22.3 Å². The first-order valence-corrected chi connectivity index (χ1v) is 11.8. The highest BCUT2D eigenvalue weighted by Gasteiger charge is 2.18. The second-order valence-corrected chi connectivity index (χ2v) is 8.89. The predicted molar refractivity (Wildman–Crippen MR) is 139 cm³/mol. The highest BCUT2D eigenvalue weighted by Crippen LogP contribution is 2.33. The summed E-state index contributed by atoms with van der Waals surface area (Å²) in [7, 11) is 0. The Hall–Kier alpha value is -5.03. The number of nitrogens with one attached hydrogen (secondary N) is 4. The van der Waals surface area contributed by atoms with Crippen LogP contribution in [0.5, 0.6) is 11.5 Å². The quantitative estimate of drug-likeness (QED) is 0.254. The molecule has 0 spiro atoms. The molecule has 1 aliphatic heterocycles. The van der Waals surface area contributed by atoms with E-state index in [1.807, 2.05) is 12.1 Å². The summed E-state index contributed by atoms with van der Waals surface area (Å²) < 4.78 is 15.3. The fourth-order valence-electron chi connectivity index (χ4n) is 4.17. The number of nitrogens with zero attached hydrogens (tertiary/aromatic N) is 1. The molecular formula is C26H18ClN5O6. The molecule has 0 radical (unpaired) electrons. The molecule has 11 nitrogen and oxygen atoms in total. The molecule has 0 bridgehead atoms. The van der Waals surface area contributed by atoms with E-state index >= 15 is 0 Å². The molecule has 6 rings (SSSR count). The van der Waals surface area contributed by atoms with Crippen molar-refractivity contribution >= 4 is 45.7 Å². The number of ether oxygens (including phenoxy) is 2.